The van der Waals surface area contributed by atoms with E-state index in [0.717, 1.165) is 29.3 Å². The standard InChI is InChI=1S/C31H34N4O5S.C2HF3O2/c1-39-25-8-6-21-7-9-26(16-24(21)15-25)41(37,38)35-19-31(17-20-4-3-5-22(14-20)30(32)33)12-10-27(40-2)28(29(31)36)23-11-13-34-18-23;3-2(4,5)1(6)7/h3-10,12,14-16,23,34-35H,11,13,17-19H2,1-2H3,(H3,32,33);(H,6,7)/t23-,31?;/m1./s1. The van der Waals surface area contributed by atoms with Gasteiger partial charge in [-0.25, -0.2) is 17.9 Å². The average molecular weight is 689 g/mol. The van der Waals surface area contributed by atoms with E-state index in [0.29, 0.717) is 29.2 Å². The van der Waals surface area contributed by atoms with Gasteiger partial charge < -0.3 is 25.6 Å². The van der Waals surface area contributed by atoms with Crippen molar-refractivity contribution in [3.8, 4) is 5.75 Å². The number of fused-ring (bicyclic) bond motifs is 1. The van der Waals surface area contributed by atoms with Gasteiger partial charge in [0.15, 0.2) is 5.78 Å². The van der Waals surface area contributed by atoms with E-state index in [9.17, 15) is 26.4 Å². The smallest absolute Gasteiger partial charge is 0.490 e. The van der Waals surface area contributed by atoms with Gasteiger partial charge in [-0.2, -0.15) is 13.2 Å². The van der Waals surface area contributed by atoms with Crippen LogP contribution >= 0.6 is 0 Å². The number of carbonyl (C=O) groups excluding carboxylic acids is 1. The highest BCUT2D eigenvalue weighted by Gasteiger charge is 2.45. The highest BCUT2D eigenvalue weighted by atomic mass is 32.2. The van der Waals surface area contributed by atoms with Crippen molar-refractivity contribution in [1.29, 1.82) is 5.41 Å². The molecule has 1 aliphatic heterocycles. The Morgan fingerprint density at radius 1 is 1.10 bits per heavy atom. The third kappa shape index (κ3) is 8.21. The molecular weight excluding hydrogens is 653 g/mol. The number of carboxylic acids is 1. The molecule has 0 radical (unpaired) electrons. The molecule has 0 amide bonds. The second-order valence-corrected chi connectivity index (χ2v) is 13.1. The molecule has 1 aliphatic carbocycles. The summed E-state index contributed by atoms with van der Waals surface area (Å²) < 4.78 is 72.6. The Hall–Kier alpha value is -4.73. The summed E-state index contributed by atoms with van der Waals surface area (Å²) in [6.07, 6.45) is -0.569. The van der Waals surface area contributed by atoms with Gasteiger partial charge in [0, 0.05) is 30.1 Å². The predicted octanol–water partition coefficient (Wildman–Crippen LogP) is 3.92. The summed E-state index contributed by atoms with van der Waals surface area (Å²) in [6, 6.07) is 17.5. The number of nitrogen functional groups attached to an aromatic ring is 1. The number of aliphatic carboxylic acids is 1. The van der Waals surface area contributed by atoms with E-state index < -0.39 is 27.6 Å². The van der Waals surface area contributed by atoms with E-state index in [2.05, 4.69) is 10.0 Å². The Bertz CT molecular complexity index is 1890. The monoisotopic (exact) mass is 688 g/mol. The van der Waals surface area contributed by atoms with Crippen LogP contribution in [-0.2, 0) is 30.8 Å². The quantitative estimate of drug-likeness (QED) is 0.156. The Morgan fingerprint density at radius 3 is 2.42 bits per heavy atom. The van der Waals surface area contributed by atoms with Crippen LogP contribution < -0.4 is 20.5 Å². The zero-order chi connectivity index (χ0) is 35.3. The molecule has 3 aromatic rings. The van der Waals surface area contributed by atoms with Gasteiger partial charge in [0.25, 0.3) is 0 Å². The Kier molecular flexibility index (Phi) is 11.0. The minimum Gasteiger partial charge on any atom is -0.497 e. The molecule has 3 aromatic carbocycles. The molecule has 256 valence electrons. The number of nitrogens with one attached hydrogen (secondary N) is 3. The molecule has 48 heavy (non-hydrogen) atoms. The topological polar surface area (TPSA) is 181 Å². The first-order chi connectivity index (χ1) is 22.6. The molecule has 0 bridgehead atoms. The van der Waals surface area contributed by atoms with Crippen LogP contribution in [0.4, 0.5) is 13.2 Å². The molecule has 1 heterocycles. The summed E-state index contributed by atoms with van der Waals surface area (Å²) in [5.41, 5.74) is 6.37. The highest BCUT2D eigenvalue weighted by Crippen LogP contribution is 2.39. The summed E-state index contributed by atoms with van der Waals surface area (Å²) in [4.78, 5) is 23.4. The number of ether oxygens (including phenoxy) is 2. The molecule has 0 aromatic heterocycles. The van der Waals surface area contributed by atoms with Crippen LogP contribution in [0.2, 0.25) is 0 Å². The lowest BCUT2D eigenvalue weighted by Crippen LogP contribution is -2.46. The number of sulfonamides is 1. The summed E-state index contributed by atoms with van der Waals surface area (Å²) in [5.74, 6) is -1.93. The van der Waals surface area contributed by atoms with Crippen molar-refractivity contribution >= 4 is 38.4 Å². The van der Waals surface area contributed by atoms with E-state index in [1.165, 1.54) is 7.11 Å². The number of methoxy groups -OCH3 is 2. The van der Waals surface area contributed by atoms with Crippen molar-refractivity contribution < 1.29 is 45.8 Å². The zero-order valence-electron chi connectivity index (χ0n) is 26.1. The number of hydrogen-bond donors (Lipinski definition) is 5. The first-order valence-corrected chi connectivity index (χ1v) is 16.1. The van der Waals surface area contributed by atoms with Crippen molar-refractivity contribution in [3.63, 3.8) is 0 Å². The molecule has 15 heteroatoms. The maximum atomic E-state index is 14.4. The lowest BCUT2D eigenvalue weighted by atomic mass is 9.69. The average Bonchev–Trinajstić information content (AvgIpc) is 3.59. The molecule has 1 saturated heterocycles. The van der Waals surface area contributed by atoms with Gasteiger partial charge in [-0.3, -0.25) is 10.2 Å². The summed E-state index contributed by atoms with van der Waals surface area (Å²) in [6.45, 7) is 1.27. The Balaban J connectivity index is 0.000000671. The van der Waals surface area contributed by atoms with E-state index in [4.69, 9.17) is 30.5 Å². The first kappa shape index (κ1) is 36.1. The molecule has 11 nitrogen and oxygen atoms in total. The Labute approximate surface area is 275 Å². The summed E-state index contributed by atoms with van der Waals surface area (Å²) in [7, 11) is -0.896. The van der Waals surface area contributed by atoms with Crippen molar-refractivity contribution in [2.45, 2.75) is 23.9 Å². The summed E-state index contributed by atoms with van der Waals surface area (Å²) in [5, 5.41) is 19.9. The normalized spacial score (nSPS) is 19.5. The molecule has 0 spiro atoms. The van der Waals surface area contributed by atoms with Gasteiger partial charge >= 0.3 is 12.1 Å². The fourth-order valence-corrected chi connectivity index (χ4v) is 6.75. The molecule has 6 N–H and O–H groups in total. The second kappa shape index (κ2) is 14.6. The second-order valence-electron chi connectivity index (χ2n) is 11.3. The molecule has 2 atom stereocenters. The fourth-order valence-electron chi connectivity index (χ4n) is 5.60. The van der Waals surface area contributed by atoms with Crippen LogP contribution in [0.5, 0.6) is 5.75 Å². The SMILES string of the molecule is COC1=C([C@@H]2CCNC2)C(=O)C(CNS(=O)(=O)c2ccc3ccc(OC)cc3c2)(Cc2cccc(C(=N)N)c2)C=C1.O=C(O)C(F)(F)F. The van der Waals surface area contributed by atoms with Gasteiger partial charge in [-0.05, 0) is 72.1 Å². The van der Waals surface area contributed by atoms with E-state index >= 15 is 0 Å². The lowest BCUT2D eigenvalue weighted by molar-refractivity contribution is -0.192. The molecular formula is C33H35F3N4O7S. The number of alkyl halides is 3. The molecule has 1 unspecified atom stereocenters. The number of benzene rings is 3. The highest BCUT2D eigenvalue weighted by molar-refractivity contribution is 7.89. The van der Waals surface area contributed by atoms with Crippen LogP contribution in [0.25, 0.3) is 10.8 Å². The van der Waals surface area contributed by atoms with Crippen LogP contribution in [0.15, 0.2) is 89.0 Å². The Morgan fingerprint density at radius 2 is 1.81 bits per heavy atom. The van der Waals surface area contributed by atoms with E-state index in [1.807, 2.05) is 18.2 Å². The fraction of sp³-hybridized carbons (Fsp3) is 0.303. The zero-order valence-corrected chi connectivity index (χ0v) is 26.9. The number of Topliss-reactive ketones (excluding diaryl/α,β-unsaturated/α-hetero) is 1. The van der Waals surface area contributed by atoms with Crippen LogP contribution in [0.1, 0.15) is 17.5 Å². The molecule has 1 fully saturated rings. The van der Waals surface area contributed by atoms with Crippen molar-refractivity contribution in [2.75, 3.05) is 33.9 Å². The van der Waals surface area contributed by atoms with Crippen molar-refractivity contribution in [3.05, 3.63) is 95.3 Å². The van der Waals surface area contributed by atoms with Crippen LogP contribution in [-0.4, -0.2) is 71.1 Å². The molecule has 0 saturated carbocycles. The number of carboxylic acid groups (broad SMARTS) is 1. The van der Waals surface area contributed by atoms with Crippen molar-refractivity contribution in [2.24, 2.45) is 17.1 Å². The van der Waals surface area contributed by atoms with Gasteiger partial charge in [0.1, 0.15) is 17.3 Å². The lowest BCUT2D eigenvalue weighted by Gasteiger charge is -2.35. The van der Waals surface area contributed by atoms with Gasteiger partial charge in [0.2, 0.25) is 10.0 Å². The first-order valence-electron chi connectivity index (χ1n) is 14.6. The number of halogens is 3. The number of rotatable bonds is 10. The van der Waals surface area contributed by atoms with Crippen molar-refractivity contribution in [1.82, 2.24) is 10.0 Å². The summed E-state index contributed by atoms with van der Waals surface area (Å²) >= 11 is 0. The minimum atomic E-state index is -5.08. The third-order valence-corrected chi connectivity index (χ3v) is 9.51. The van der Waals surface area contributed by atoms with E-state index in [1.54, 1.807) is 61.7 Å². The number of ketones is 1. The number of hydrogen-bond acceptors (Lipinski definition) is 8. The maximum absolute atomic E-state index is 14.4. The van der Waals surface area contributed by atoms with Gasteiger partial charge in [-0.1, -0.05) is 36.4 Å². The largest absolute Gasteiger partial charge is 0.497 e. The third-order valence-electron chi connectivity index (χ3n) is 8.11. The predicted molar refractivity (Wildman–Crippen MR) is 172 cm³/mol. The molecule has 2 aliphatic rings. The minimum absolute atomic E-state index is 0.0441. The van der Waals surface area contributed by atoms with Gasteiger partial charge in [0.05, 0.1) is 24.5 Å². The van der Waals surface area contributed by atoms with E-state index in [-0.39, 0.29) is 35.4 Å². The van der Waals surface area contributed by atoms with Crippen LogP contribution in [0.3, 0.4) is 0 Å². The number of nitrogens with two attached hydrogens (primary N) is 1. The van der Waals surface area contributed by atoms with Crippen LogP contribution in [0, 0.1) is 16.7 Å². The number of carbonyl (C=O) groups is 2. The maximum Gasteiger partial charge on any atom is 0.490 e. The number of amidine groups is 1. The van der Waals surface area contributed by atoms with Gasteiger partial charge in [-0.15, -0.1) is 0 Å². The molecule has 5 rings (SSSR count). The number of allylic oxidation sites excluding steroid dienone is 1.